The number of ketones is 1. The van der Waals surface area contributed by atoms with E-state index in [9.17, 15) is 4.79 Å². The molecule has 1 aliphatic carbocycles. The minimum absolute atomic E-state index is 0.218. The van der Waals surface area contributed by atoms with Crippen LogP contribution in [-0.4, -0.2) is 5.78 Å². The maximum atomic E-state index is 12.8. The normalized spacial score (nSPS) is 20.5. The monoisotopic (exact) mass is 366 g/mol. The highest BCUT2D eigenvalue weighted by Crippen LogP contribution is 2.39. The smallest absolute Gasteiger partial charge is 0.169 e. The van der Waals surface area contributed by atoms with E-state index in [0.29, 0.717) is 6.42 Å². The standard InChI is InChI=1S/C21H19BrO/c1-15-13-17-9-3-4-11-19(17)21(2,20(15)23)12-6-8-16-7-5-10-18(22)14-16/h3-11,13-14H,12H2,1-2H3/b8-6+/t21-/m1/s1. The van der Waals surface area contributed by atoms with Crippen LogP contribution in [0.25, 0.3) is 12.2 Å². The lowest BCUT2D eigenvalue weighted by atomic mass is 9.69. The van der Waals surface area contributed by atoms with Crippen molar-refractivity contribution in [2.24, 2.45) is 0 Å². The first-order chi connectivity index (χ1) is 11.0. The van der Waals surface area contributed by atoms with Gasteiger partial charge in [-0.1, -0.05) is 64.5 Å². The Morgan fingerprint density at radius 1 is 1.13 bits per heavy atom. The Hall–Kier alpha value is -1.93. The lowest BCUT2D eigenvalue weighted by Gasteiger charge is -2.33. The van der Waals surface area contributed by atoms with E-state index in [1.807, 2.05) is 37.3 Å². The molecule has 0 N–H and O–H groups in total. The third kappa shape index (κ3) is 3.09. The molecule has 0 unspecified atom stereocenters. The number of halogens is 1. The quantitative estimate of drug-likeness (QED) is 0.670. The molecule has 2 aromatic carbocycles. The fraction of sp³-hybridized carbons (Fsp3) is 0.190. The molecule has 116 valence electrons. The zero-order chi connectivity index (χ0) is 16.4. The predicted molar refractivity (Wildman–Crippen MR) is 100 cm³/mol. The first kappa shape index (κ1) is 15.9. The van der Waals surface area contributed by atoms with E-state index in [2.05, 4.69) is 59.3 Å². The van der Waals surface area contributed by atoms with Gasteiger partial charge in [0, 0.05) is 4.47 Å². The number of rotatable bonds is 3. The van der Waals surface area contributed by atoms with Crippen molar-refractivity contribution in [2.75, 3.05) is 0 Å². The summed E-state index contributed by atoms with van der Waals surface area (Å²) in [7, 11) is 0. The highest BCUT2D eigenvalue weighted by molar-refractivity contribution is 9.10. The fourth-order valence-corrected chi connectivity index (χ4v) is 3.64. The van der Waals surface area contributed by atoms with E-state index in [4.69, 9.17) is 0 Å². The molecule has 3 rings (SSSR count). The summed E-state index contributed by atoms with van der Waals surface area (Å²) in [5.74, 6) is 0.218. The van der Waals surface area contributed by atoms with Gasteiger partial charge in [0.05, 0.1) is 5.41 Å². The van der Waals surface area contributed by atoms with E-state index in [0.717, 1.165) is 26.7 Å². The van der Waals surface area contributed by atoms with Crippen molar-refractivity contribution in [3.8, 4) is 0 Å². The Kier molecular flexibility index (Phi) is 4.36. The van der Waals surface area contributed by atoms with Crippen molar-refractivity contribution in [3.05, 3.63) is 81.3 Å². The second kappa shape index (κ2) is 6.29. The van der Waals surface area contributed by atoms with Crippen LogP contribution in [0.1, 0.15) is 37.0 Å². The molecule has 2 heteroatoms. The van der Waals surface area contributed by atoms with Crippen LogP contribution >= 0.6 is 15.9 Å². The van der Waals surface area contributed by atoms with Gasteiger partial charge in [-0.05, 0) is 60.7 Å². The SMILES string of the molecule is CC1=Cc2ccccc2[C@@](C)(C/C=C/c2cccc(Br)c2)C1=O. The van der Waals surface area contributed by atoms with Gasteiger partial charge in [-0.15, -0.1) is 0 Å². The van der Waals surface area contributed by atoms with Crippen molar-refractivity contribution >= 4 is 33.9 Å². The van der Waals surface area contributed by atoms with Crippen LogP contribution in [0.4, 0.5) is 0 Å². The van der Waals surface area contributed by atoms with Crippen molar-refractivity contribution in [1.29, 1.82) is 0 Å². The molecule has 2 aromatic rings. The Balaban J connectivity index is 1.91. The molecular formula is C21H19BrO. The van der Waals surface area contributed by atoms with Gasteiger partial charge >= 0.3 is 0 Å². The van der Waals surface area contributed by atoms with E-state index >= 15 is 0 Å². The van der Waals surface area contributed by atoms with Crippen molar-refractivity contribution < 1.29 is 4.79 Å². The molecule has 0 saturated heterocycles. The van der Waals surface area contributed by atoms with Gasteiger partial charge in [0.1, 0.15) is 0 Å². The zero-order valence-electron chi connectivity index (χ0n) is 13.3. The molecular weight excluding hydrogens is 348 g/mol. The van der Waals surface area contributed by atoms with Gasteiger partial charge < -0.3 is 0 Å². The summed E-state index contributed by atoms with van der Waals surface area (Å²) >= 11 is 3.48. The minimum atomic E-state index is -0.488. The average molecular weight is 367 g/mol. The average Bonchev–Trinajstić information content (AvgIpc) is 2.53. The van der Waals surface area contributed by atoms with Crippen molar-refractivity contribution in [3.63, 3.8) is 0 Å². The summed E-state index contributed by atoms with van der Waals surface area (Å²) in [6.07, 6.45) is 6.88. The molecule has 0 aliphatic heterocycles. The molecule has 0 radical (unpaired) electrons. The van der Waals surface area contributed by atoms with Crippen LogP contribution in [0.15, 0.2) is 64.7 Å². The third-order valence-electron chi connectivity index (χ3n) is 4.47. The number of allylic oxidation sites excluding steroid dienone is 2. The molecule has 0 heterocycles. The van der Waals surface area contributed by atoms with Gasteiger partial charge in [-0.25, -0.2) is 0 Å². The van der Waals surface area contributed by atoms with Gasteiger partial charge in [-0.3, -0.25) is 4.79 Å². The molecule has 0 bridgehead atoms. The first-order valence-corrected chi connectivity index (χ1v) is 8.55. The molecule has 0 amide bonds. The predicted octanol–water partition coefficient (Wildman–Crippen LogP) is 5.80. The summed E-state index contributed by atoms with van der Waals surface area (Å²) < 4.78 is 1.06. The second-order valence-corrected chi connectivity index (χ2v) is 7.15. The number of benzene rings is 2. The van der Waals surface area contributed by atoms with Crippen LogP contribution in [0, 0.1) is 0 Å². The summed E-state index contributed by atoms with van der Waals surface area (Å²) in [6.45, 7) is 3.96. The lowest BCUT2D eigenvalue weighted by Crippen LogP contribution is -2.35. The highest BCUT2D eigenvalue weighted by Gasteiger charge is 2.38. The molecule has 1 atom stereocenters. The van der Waals surface area contributed by atoms with Crippen LogP contribution in [0.2, 0.25) is 0 Å². The molecule has 0 saturated carbocycles. The van der Waals surface area contributed by atoms with Crippen molar-refractivity contribution in [1.82, 2.24) is 0 Å². The molecule has 0 spiro atoms. The Labute approximate surface area is 145 Å². The second-order valence-electron chi connectivity index (χ2n) is 6.24. The summed E-state index contributed by atoms with van der Waals surface area (Å²) in [6, 6.07) is 16.3. The van der Waals surface area contributed by atoms with E-state index in [1.54, 1.807) is 0 Å². The van der Waals surface area contributed by atoms with E-state index in [1.165, 1.54) is 0 Å². The number of hydrogen-bond acceptors (Lipinski definition) is 1. The van der Waals surface area contributed by atoms with Gasteiger partial charge in [0.25, 0.3) is 0 Å². The number of carbonyl (C=O) groups is 1. The molecule has 1 aliphatic rings. The van der Waals surface area contributed by atoms with Gasteiger partial charge in [0.2, 0.25) is 0 Å². The Bertz CT molecular complexity index is 816. The highest BCUT2D eigenvalue weighted by atomic mass is 79.9. The Morgan fingerprint density at radius 2 is 1.91 bits per heavy atom. The van der Waals surface area contributed by atoms with Crippen LogP contribution in [0.5, 0.6) is 0 Å². The molecule has 1 nitrogen and oxygen atoms in total. The summed E-state index contributed by atoms with van der Waals surface area (Å²) in [5, 5.41) is 0. The number of hydrogen-bond donors (Lipinski definition) is 0. The number of carbonyl (C=O) groups excluding carboxylic acids is 1. The molecule has 0 aromatic heterocycles. The minimum Gasteiger partial charge on any atom is -0.294 e. The Morgan fingerprint density at radius 3 is 2.70 bits per heavy atom. The first-order valence-electron chi connectivity index (χ1n) is 7.75. The summed E-state index contributed by atoms with van der Waals surface area (Å²) in [4.78, 5) is 12.8. The van der Waals surface area contributed by atoms with Gasteiger partial charge in [0.15, 0.2) is 5.78 Å². The third-order valence-corrected chi connectivity index (χ3v) is 4.96. The largest absolute Gasteiger partial charge is 0.294 e. The number of Topliss-reactive ketones (excluding diaryl/α,β-unsaturated/α-hetero) is 1. The maximum Gasteiger partial charge on any atom is 0.169 e. The fourth-order valence-electron chi connectivity index (χ4n) is 3.23. The maximum absolute atomic E-state index is 12.8. The van der Waals surface area contributed by atoms with Gasteiger partial charge in [-0.2, -0.15) is 0 Å². The molecule has 0 fully saturated rings. The molecule has 23 heavy (non-hydrogen) atoms. The zero-order valence-corrected chi connectivity index (χ0v) is 14.9. The van der Waals surface area contributed by atoms with Crippen LogP contribution in [-0.2, 0) is 10.2 Å². The van der Waals surface area contributed by atoms with Crippen LogP contribution < -0.4 is 0 Å². The lowest BCUT2D eigenvalue weighted by molar-refractivity contribution is -0.120. The summed E-state index contributed by atoms with van der Waals surface area (Å²) in [5.41, 5.74) is 3.75. The van der Waals surface area contributed by atoms with Crippen LogP contribution in [0.3, 0.4) is 0 Å². The number of fused-ring (bicyclic) bond motifs is 1. The topological polar surface area (TPSA) is 17.1 Å². The van der Waals surface area contributed by atoms with Crippen molar-refractivity contribution in [2.45, 2.75) is 25.7 Å². The van der Waals surface area contributed by atoms with E-state index < -0.39 is 5.41 Å². The van der Waals surface area contributed by atoms with E-state index in [-0.39, 0.29) is 5.78 Å².